The van der Waals surface area contributed by atoms with Crippen LogP contribution in [0.4, 0.5) is 0 Å². The fraction of sp³-hybridized carbons (Fsp3) is 0.765. The van der Waals surface area contributed by atoms with E-state index in [9.17, 15) is 0 Å². The van der Waals surface area contributed by atoms with Gasteiger partial charge in [-0.3, -0.25) is 0 Å². The molecule has 1 nitrogen and oxygen atoms in total. The molecule has 0 aromatic carbocycles. The van der Waals surface area contributed by atoms with Crippen molar-refractivity contribution in [2.75, 3.05) is 11.5 Å². The molecule has 0 rings (SSSR count). The summed E-state index contributed by atoms with van der Waals surface area (Å²) in [6.07, 6.45) is 15.5. The predicted molar refractivity (Wildman–Crippen MR) is 89.6 cm³/mol. The Hall–Kier alpha value is -0.370. The molecule has 0 heterocycles. The van der Waals surface area contributed by atoms with Crippen molar-refractivity contribution >= 4 is 11.8 Å². The van der Waals surface area contributed by atoms with E-state index in [-0.39, 0.29) is 0 Å². The van der Waals surface area contributed by atoms with Crippen LogP contribution in [0, 0.1) is 0 Å². The molecule has 112 valence electrons. The van der Waals surface area contributed by atoms with Crippen molar-refractivity contribution in [3.63, 3.8) is 0 Å². The molecule has 0 aromatic heterocycles. The molecule has 0 saturated heterocycles. The first-order valence-electron chi connectivity index (χ1n) is 7.84. The van der Waals surface area contributed by atoms with Crippen LogP contribution in [0.25, 0.3) is 0 Å². The normalized spacial score (nSPS) is 10.4. The summed E-state index contributed by atoms with van der Waals surface area (Å²) in [5, 5.41) is 0. The van der Waals surface area contributed by atoms with Gasteiger partial charge in [0, 0.05) is 0 Å². The van der Waals surface area contributed by atoms with Crippen molar-refractivity contribution in [2.45, 2.75) is 71.1 Å². The maximum Gasteiger partial charge on any atom is 0.106 e. The fourth-order valence-electron chi connectivity index (χ4n) is 2.03. The number of hydrogen-bond acceptors (Lipinski definition) is 2. The van der Waals surface area contributed by atoms with Gasteiger partial charge >= 0.3 is 0 Å². The average Bonchev–Trinajstić information content (AvgIpc) is 2.40. The summed E-state index contributed by atoms with van der Waals surface area (Å²) in [5.41, 5.74) is 0. The van der Waals surface area contributed by atoms with Crippen LogP contribution in [-0.4, -0.2) is 11.5 Å². The summed E-state index contributed by atoms with van der Waals surface area (Å²) in [4.78, 5) is 0. The molecule has 0 saturated carbocycles. The SMILES string of the molecule is C=COC(=C)CSCCCCCCCCCCCC. The first kappa shape index (κ1) is 18.6. The fourth-order valence-corrected chi connectivity index (χ4v) is 2.88. The maximum absolute atomic E-state index is 5.09. The van der Waals surface area contributed by atoms with Crippen LogP contribution in [0.1, 0.15) is 71.1 Å². The minimum atomic E-state index is 0.812. The molecule has 0 bridgehead atoms. The molecular formula is C17H32OS. The molecule has 19 heavy (non-hydrogen) atoms. The van der Waals surface area contributed by atoms with E-state index < -0.39 is 0 Å². The van der Waals surface area contributed by atoms with Crippen molar-refractivity contribution < 1.29 is 4.74 Å². The van der Waals surface area contributed by atoms with Gasteiger partial charge in [-0.15, -0.1) is 0 Å². The third kappa shape index (κ3) is 15.6. The second-order valence-corrected chi connectivity index (χ2v) is 6.16. The summed E-state index contributed by atoms with van der Waals surface area (Å²) in [6, 6.07) is 0. The van der Waals surface area contributed by atoms with Crippen molar-refractivity contribution in [2.24, 2.45) is 0 Å². The van der Waals surface area contributed by atoms with Crippen molar-refractivity contribution in [1.29, 1.82) is 0 Å². The molecule has 0 unspecified atom stereocenters. The smallest absolute Gasteiger partial charge is 0.106 e. The van der Waals surface area contributed by atoms with Crippen LogP contribution in [-0.2, 0) is 4.74 Å². The molecule has 2 heteroatoms. The van der Waals surface area contributed by atoms with Gasteiger partial charge in [-0.05, 0) is 12.2 Å². The summed E-state index contributed by atoms with van der Waals surface area (Å²) >= 11 is 1.91. The lowest BCUT2D eigenvalue weighted by Crippen LogP contribution is -1.89. The van der Waals surface area contributed by atoms with E-state index in [0.29, 0.717) is 0 Å². The molecule has 0 fully saturated rings. The molecule has 0 N–H and O–H groups in total. The zero-order chi connectivity index (χ0) is 14.2. The minimum Gasteiger partial charge on any atom is -0.470 e. The molecule has 0 aliphatic heterocycles. The zero-order valence-corrected chi connectivity index (χ0v) is 13.6. The van der Waals surface area contributed by atoms with Gasteiger partial charge in [-0.2, -0.15) is 11.8 Å². The number of hydrogen-bond donors (Lipinski definition) is 0. The first-order valence-corrected chi connectivity index (χ1v) is 8.99. The number of thioether (sulfide) groups is 1. The lowest BCUT2D eigenvalue weighted by molar-refractivity contribution is 0.360. The van der Waals surface area contributed by atoms with E-state index in [1.807, 2.05) is 11.8 Å². The molecule has 0 spiro atoms. The number of rotatable bonds is 15. The Morgan fingerprint density at radius 2 is 1.47 bits per heavy atom. The van der Waals surface area contributed by atoms with Gasteiger partial charge in [0.05, 0.1) is 12.0 Å². The highest BCUT2D eigenvalue weighted by Gasteiger charge is 1.95. The lowest BCUT2D eigenvalue weighted by atomic mass is 10.1. The second-order valence-electron chi connectivity index (χ2n) is 5.06. The van der Waals surface area contributed by atoms with E-state index in [1.165, 1.54) is 76.2 Å². The topological polar surface area (TPSA) is 9.23 Å². The highest BCUT2D eigenvalue weighted by atomic mass is 32.2. The van der Waals surface area contributed by atoms with Crippen LogP contribution in [0.5, 0.6) is 0 Å². The molecule has 0 aromatic rings. The van der Waals surface area contributed by atoms with Crippen LogP contribution in [0.3, 0.4) is 0 Å². The van der Waals surface area contributed by atoms with E-state index in [4.69, 9.17) is 4.74 Å². The van der Waals surface area contributed by atoms with Crippen LogP contribution in [0.2, 0.25) is 0 Å². The highest BCUT2D eigenvalue weighted by Crippen LogP contribution is 2.13. The Balaban J connectivity index is 3.02. The molecule has 0 atom stereocenters. The quantitative estimate of drug-likeness (QED) is 0.257. The van der Waals surface area contributed by atoms with Gasteiger partial charge < -0.3 is 4.74 Å². The highest BCUT2D eigenvalue weighted by molar-refractivity contribution is 7.99. The van der Waals surface area contributed by atoms with E-state index in [2.05, 4.69) is 20.1 Å². The van der Waals surface area contributed by atoms with Crippen LogP contribution < -0.4 is 0 Å². The van der Waals surface area contributed by atoms with Gasteiger partial charge in [-0.1, -0.05) is 77.9 Å². The van der Waals surface area contributed by atoms with Crippen molar-refractivity contribution in [3.8, 4) is 0 Å². The van der Waals surface area contributed by atoms with Gasteiger partial charge in [-0.25, -0.2) is 0 Å². The van der Waals surface area contributed by atoms with Gasteiger partial charge in [0.15, 0.2) is 0 Å². The lowest BCUT2D eigenvalue weighted by Gasteiger charge is -2.04. The summed E-state index contributed by atoms with van der Waals surface area (Å²) in [5.74, 6) is 2.92. The Morgan fingerprint density at radius 1 is 0.947 bits per heavy atom. The van der Waals surface area contributed by atoms with Gasteiger partial charge in [0.1, 0.15) is 5.76 Å². The van der Waals surface area contributed by atoms with Gasteiger partial charge in [0.2, 0.25) is 0 Å². The average molecular weight is 285 g/mol. The van der Waals surface area contributed by atoms with Crippen LogP contribution in [0.15, 0.2) is 25.2 Å². The zero-order valence-electron chi connectivity index (χ0n) is 12.8. The number of ether oxygens (including phenoxy) is 1. The van der Waals surface area contributed by atoms with E-state index >= 15 is 0 Å². The molecule has 0 radical (unpaired) electrons. The summed E-state index contributed by atoms with van der Waals surface area (Å²) in [6.45, 7) is 9.61. The molecular weight excluding hydrogens is 252 g/mol. The van der Waals surface area contributed by atoms with Crippen LogP contribution >= 0.6 is 11.8 Å². The summed E-state index contributed by atoms with van der Waals surface area (Å²) < 4.78 is 5.09. The molecule has 0 aliphatic carbocycles. The maximum atomic E-state index is 5.09. The molecule has 0 amide bonds. The Kier molecular flexibility index (Phi) is 15.4. The van der Waals surface area contributed by atoms with Crippen molar-refractivity contribution in [3.05, 3.63) is 25.2 Å². The number of unbranched alkanes of at least 4 members (excludes halogenated alkanes) is 9. The monoisotopic (exact) mass is 284 g/mol. The molecule has 0 aliphatic rings. The second kappa shape index (κ2) is 15.7. The Bertz CT molecular complexity index is 213. The standard InChI is InChI=1S/C17H32OS/c1-4-6-7-8-9-10-11-12-13-14-15-19-16-17(3)18-5-2/h5H,2-4,6-16H2,1H3. The van der Waals surface area contributed by atoms with Crippen molar-refractivity contribution in [1.82, 2.24) is 0 Å². The van der Waals surface area contributed by atoms with E-state index in [0.717, 1.165) is 11.5 Å². The van der Waals surface area contributed by atoms with Gasteiger partial charge in [0.25, 0.3) is 0 Å². The van der Waals surface area contributed by atoms with E-state index in [1.54, 1.807) is 0 Å². The Morgan fingerprint density at radius 3 is 2.00 bits per heavy atom. The Labute approximate surface area is 124 Å². The first-order chi connectivity index (χ1) is 9.31. The third-order valence-corrected chi connectivity index (χ3v) is 4.26. The minimum absolute atomic E-state index is 0.812. The predicted octanol–water partition coefficient (Wildman–Crippen LogP) is 6.31. The summed E-state index contributed by atoms with van der Waals surface area (Å²) in [7, 11) is 0. The third-order valence-electron chi connectivity index (χ3n) is 3.16. The largest absolute Gasteiger partial charge is 0.470 e.